The molecule has 19 heavy (non-hydrogen) atoms. The van der Waals surface area contributed by atoms with E-state index in [1.165, 1.54) is 0 Å². The zero-order chi connectivity index (χ0) is 13.2. The smallest absolute Gasteiger partial charge is 0.229 e. The van der Waals surface area contributed by atoms with Crippen LogP contribution >= 0.6 is 0 Å². The van der Waals surface area contributed by atoms with Crippen molar-refractivity contribution < 1.29 is 9.26 Å². The SMILES string of the molecule is COCc1cccc(C(N)c2noc(C3CC3)n2)c1. The maximum Gasteiger partial charge on any atom is 0.229 e. The summed E-state index contributed by atoms with van der Waals surface area (Å²) < 4.78 is 10.4. The van der Waals surface area contributed by atoms with E-state index in [2.05, 4.69) is 10.1 Å². The highest BCUT2D eigenvalue weighted by atomic mass is 16.5. The zero-order valence-electron chi connectivity index (χ0n) is 10.9. The number of methoxy groups -OCH3 is 1. The van der Waals surface area contributed by atoms with Gasteiger partial charge < -0.3 is 15.0 Å². The summed E-state index contributed by atoms with van der Waals surface area (Å²) >= 11 is 0. The number of ether oxygens (including phenoxy) is 1. The maximum absolute atomic E-state index is 6.19. The molecule has 100 valence electrons. The van der Waals surface area contributed by atoms with Gasteiger partial charge in [-0.25, -0.2) is 0 Å². The summed E-state index contributed by atoms with van der Waals surface area (Å²) in [6, 6.07) is 7.60. The first-order chi connectivity index (χ1) is 9.28. The second-order valence-corrected chi connectivity index (χ2v) is 4.92. The molecule has 3 rings (SSSR count). The van der Waals surface area contributed by atoms with E-state index in [4.69, 9.17) is 15.0 Å². The van der Waals surface area contributed by atoms with Gasteiger partial charge in [0, 0.05) is 13.0 Å². The quantitative estimate of drug-likeness (QED) is 0.890. The molecule has 1 fully saturated rings. The van der Waals surface area contributed by atoms with Gasteiger partial charge in [0.05, 0.1) is 12.6 Å². The van der Waals surface area contributed by atoms with Crippen molar-refractivity contribution in [3.8, 4) is 0 Å². The number of aromatic nitrogens is 2. The summed E-state index contributed by atoms with van der Waals surface area (Å²) in [5.74, 6) is 1.73. The molecule has 1 aromatic carbocycles. The third kappa shape index (κ3) is 2.67. The Morgan fingerprint density at radius 2 is 2.32 bits per heavy atom. The zero-order valence-corrected chi connectivity index (χ0v) is 10.9. The normalized spacial score (nSPS) is 16.5. The Labute approximate surface area is 111 Å². The molecule has 1 aromatic heterocycles. The van der Waals surface area contributed by atoms with E-state index in [0.717, 1.165) is 29.9 Å². The van der Waals surface area contributed by atoms with Crippen LogP contribution in [0.25, 0.3) is 0 Å². The van der Waals surface area contributed by atoms with Gasteiger partial charge in [0.2, 0.25) is 5.89 Å². The first kappa shape index (κ1) is 12.3. The van der Waals surface area contributed by atoms with Crippen LogP contribution in [0.3, 0.4) is 0 Å². The van der Waals surface area contributed by atoms with E-state index < -0.39 is 0 Å². The molecule has 1 unspecified atom stereocenters. The van der Waals surface area contributed by atoms with Crippen molar-refractivity contribution in [1.82, 2.24) is 10.1 Å². The van der Waals surface area contributed by atoms with Crippen LogP contribution in [0.4, 0.5) is 0 Å². The third-order valence-corrected chi connectivity index (χ3v) is 3.28. The largest absolute Gasteiger partial charge is 0.380 e. The van der Waals surface area contributed by atoms with E-state index in [9.17, 15) is 0 Å². The number of nitrogens with zero attached hydrogens (tertiary/aromatic N) is 2. The van der Waals surface area contributed by atoms with Gasteiger partial charge in [-0.05, 0) is 24.0 Å². The Bertz CT molecular complexity index is 563. The fourth-order valence-corrected chi connectivity index (χ4v) is 2.06. The van der Waals surface area contributed by atoms with Crippen LogP contribution in [0.1, 0.15) is 47.6 Å². The van der Waals surface area contributed by atoms with Gasteiger partial charge in [0.15, 0.2) is 5.82 Å². The van der Waals surface area contributed by atoms with E-state index in [1.807, 2.05) is 24.3 Å². The van der Waals surface area contributed by atoms with E-state index in [-0.39, 0.29) is 6.04 Å². The maximum atomic E-state index is 6.19. The average Bonchev–Trinajstić information content (AvgIpc) is 3.17. The molecule has 0 amide bonds. The van der Waals surface area contributed by atoms with Crippen LogP contribution in [0, 0.1) is 0 Å². The number of hydrogen-bond donors (Lipinski definition) is 1. The van der Waals surface area contributed by atoms with Crippen LogP contribution in [-0.4, -0.2) is 17.3 Å². The van der Waals surface area contributed by atoms with Gasteiger partial charge in [-0.1, -0.05) is 29.4 Å². The Hall–Kier alpha value is -1.72. The lowest BCUT2D eigenvalue weighted by Crippen LogP contribution is -2.14. The molecular formula is C14H17N3O2. The van der Waals surface area contributed by atoms with Crippen molar-refractivity contribution in [3.63, 3.8) is 0 Å². The highest BCUT2D eigenvalue weighted by Gasteiger charge is 2.30. The Morgan fingerprint density at radius 3 is 3.05 bits per heavy atom. The molecule has 0 bridgehead atoms. The number of hydrogen-bond acceptors (Lipinski definition) is 5. The summed E-state index contributed by atoms with van der Waals surface area (Å²) in [5.41, 5.74) is 8.24. The van der Waals surface area contributed by atoms with Gasteiger partial charge in [-0.2, -0.15) is 4.98 Å². The molecule has 0 saturated heterocycles. The molecule has 0 spiro atoms. The first-order valence-corrected chi connectivity index (χ1v) is 6.45. The number of nitrogens with two attached hydrogens (primary N) is 1. The van der Waals surface area contributed by atoms with Crippen molar-refractivity contribution in [2.24, 2.45) is 5.73 Å². The predicted molar refractivity (Wildman–Crippen MR) is 69.5 cm³/mol. The van der Waals surface area contributed by atoms with Crippen molar-refractivity contribution >= 4 is 0 Å². The highest BCUT2D eigenvalue weighted by molar-refractivity contribution is 5.29. The van der Waals surface area contributed by atoms with Crippen molar-refractivity contribution in [2.75, 3.05) is 7.11 Å². The second kappa shape index (κ2) is 5.11. The van der Waals surface area contributed by atoms with Crippen molar-refractivity contribution in [1.29, 1.82) is 0 Å². The number of rotatable bonds is 5. The van der Waals surface area contributed by atoms with Gasteiger partial charge in [-0.15, -0.1) is 0 Å². The average molecular weight is 259 g/mol. The van der Waals surface area contributed by atoms with Crippen molar-refractivity contribution in [3.05, 3.63) is 47.1 Å². The molecule has 1 aliphatic carbocycles. The lowest BCUT2D eigenvalue weighted by Gasteiger charge is -2.09. The Kier molecular flexibility index (Phi) is 3.31. The molecule has 1 atom stereocenters. The van der Waals surface area contributed by atoms with Crippen LogP contribution in [0.2, 0.25) is 0 Å². The fourth-order valence-electron chi connectivity index (χ4n) is 2.06. The summed E-state index contributed by atoms with van der Waals surface area (Å²) in [6.45, 7) is 0.570. The minimum atomic E-state index is -0.354. The first-order valence-electron chi connectivity index (χ1n) is 6.45. The molecule has 1 aliphatic rings. The van der Waals surface area contributed by atoms with E-state index in [1.54, 1.807) is 7.11 Å². The fraction of sp³-hybridized carbons (Fsp3) is 0.429. The standard InChI is InChI=1S/C14H17N3O2/c1-18-8-9-3-2-4-11(7-9)12(15)13-16-14(19-17-13)10-5-6-10/h2-4,7,10,12H,5-6,8,15H2,1H3. The summed E-state index contributed by atoms with van der Waals surface area (Å²) in [6.07, 6.45) is 2.28. The molecule has 5 heteroatoms. The molecule has 2 aromatic rings. The minimum absolute atomic E-state index is 0.354. The molecule has 0 radical (unpaired) electrons. The highest BCUT2D eigenvalue weighted by Crippen LogP contribution is 2.39. The van der Waals surface area contributed by atoms with Crippen molar-refractivity contribution in [2.45, 2.75) is 31.4 Å². The monoisotopic (exact) mass is 259 g/mol. The summed E-state index contributed by atoms with van der Waals surface area (Å²) in [7, 11) is 1.67. The molecule has 1 saturated carbocycles. The second-order valence-electron chi connectivity index (χ2n) is 4.92. The Morgan fingerprint density at radius 1 is 1.47 bits per heavy atom. The Balaban J connectivity index is 1.81. The van der Waals surface area contributed by atoms with Gasteiger partial charge in [0.1, 0.15) is 0 Å². The molecule has 0 aliphatic heterocycles. The molecule has 1 heterocycles. The third-order valence-electron chi connectivity index (χ3n) is 3.28. The molecule has 2 N–H and O–H groups in total. The van der Waals surface area contributed by atoms with Gasteiger partial charge in [0.25, 0.3) is 0 Å². The van der Waals surface area contributed by atoms with Gasteiger partial charge >= 0.3 is 0 Å². The lowest BCUT2D eigenvalue weighted by atomic mass is 10.0. The molecule has 5 nitrogen and oxygen atoms in total. The van der Waals surface area contributed by atoms with E-state index >= 15 is 0 Å². The topological polar surface area (TPSA) is 74.2 Å². The summed E-state index contributed by atoms with van der Waals surface area (Å²) in [4.78, 5) is 4.39. The van der Waals surface area contributed by atoms with Crippen LogP contribution in [0.5, 0.6) is 0 Å². The van der Waals surface area contributed by atoms with Crippen LogP contribution < -0.4 is 5.73 Å². The summed E-state index contributed by atoms with van der Waals surface area (Å²) in [5, 5.41) is 3.99. The van der Waals surface area contributed by atoms with E-state index in [0.29, 0.717) is 18.3 Å². The number of benzene rings is 1. The predicted octanol–water partition coefficient (Wildman–Crippen LogP) is 2.14. The molecular weight excluding hydrogens is 242 g/mol. The lowest BCUT2D eigenvalue weighted by molar-refractivity contribution is 0.185. The van der Waals surface area contributed by atoms with Crippen LogP contribution in [0.15, 0.2) is 28.8 Å². The van der Waals surface area contributed by atoms with Crippen LogP contribution in [-0.2, 0) is 11.3 Å². The minimum Gasteiger partial charge on any atom is -0.380 e. The van der Waals surface area contributed by atoms with Gasteiger partial charge in [-0.3, -0.25) is 0 Å².